The van der Waals surface area contributed by atoms with Gasteiger partial charge in [0.2, 0.25) is 0 Å². The fourth-order valence-electron chi connectivity index (χ4n) is 1.95. The van der Waals surface area contributed by atoms with Crippen LogP contribution in [0, 0.1) is 6.92 Å². The highest BCUT2D eigenvalue weighted by Gasteiger charge is 2.02. The maximum absolute atomic E-state index is 5.20. The zero-order valence-electron chi connectivity index (χ0n) is 11.1. The number of hydrogen-bond acceptors (Lipinski definition) is 3. The van der Waals surface area contributed by atoms with Crippen LogP contribution in [0.4, 0.5) is 0 Å². The monoisotopic (exact) mass is 245 g/mol. The maximum atomic E-state index is 5.20. The molecule has 0 saturated heterocycles. The van der Waals surface area contributed by atoms with Crippen molar-refractivity contribution in [1.82, 2.24) is 15.1 Å². The molecule has 0 saturated carbocycles. The van der Waals surface area contributed by atoms with E-state index in [1.807, 2.05) is 43.0 Å². The van der Waals surface area contributed by atoms with Crippen LogP contribution in [0.2, 0.25) is 0 Å². The van der Waals surface area contributed by atoms with Gasteiger partial charge < -0.3 is 10.1 Å². The van der Waals surface area contributed by atoms with E-state index in [2.05, 4.69) is 16.5 Å². The number of benzene rings is 1. The highest BCUT2D eigenvalue weighted by atomic mass is 16.5. The van der Waals surface area contributed by atoms with Crippen molar-refractivity contribution in [2.75, 3.05) is 7.11 Å². The van der Waals surface area contributed by atoms with Gasteiger partial charge in [-0.3, -0.25) is 4.68 Å². The van der Waals surface area contributed by atoms with Crippen molar-refractivity contribution >= 4 is 0 Å². The van der Waals surface area contributed by atoms with Gasteiger partial charge in [-0.2, -0.15) is 5.10 Å². The summed E-state index contributed by atoms with van der Waals surface area (Å²) in [4.78, 5) is 0. The van der Waals surface area contributed by atoms with Gasteiger partial charge in [0.15, 0.2) is 0 Å². The summed E-state index contributed by atoms with van der Waals surface area (Å²) in [6.45, 7) is 3.69. The quantitative estimate of drug-likeness (QED) is 0.876. The Labute approximate surface area is 108 Å². The van der Waals surface area contributed by atoms with Crippen molar-refractivity contribution in [3.05, 3.63) is 47.3 Å². The van der Waals surface area contributed by atoms with Gasteiger partial charge in [-0.25, -0.2) is 0 Å². The van der Waals surface area contributed by atoms with E-state index < -0.39 is 0 Å². The normalized spacial score (nSPS) is 10.6. The van der Waals surface area contributed by atoms with Crippen LogP contribution in [0.5, 0.6) is 5.75 Å². The van der Waals surface area contributed by atoms with E-state index in [0.29, 0.717) is 0 Å². The summed E-state index contributed by atoms with van der Waals surface area (Å²) in [6.07, 6.45) is 2.05. The van der Waals surface area contributed by atoms with Crippen LogP contribution in [0.25, 0.3) is 0 Å². The second kappa shape index (κ2) is 5.69. The highest BCUT2D eigenvalue weighted by molar-refractivity contribution is 5.28. The van der Waals surface area contributed by atoms with Gasteiger partial charge >= 0.3 is 0 Å². The molecule has 0 unspecified atom stereocenters. The number of nitrogens with zero attached hydrogens (tertiary/aromatic N) is 2. The molecular weight excluding hydrogens is 226 g/mol. The summed E-state index contributed by atoms with van der Waals surface area (Å²) < 4.78 is 7.05. The SMILES string of the molecule is COc1cccc(CNCc2cn(C)nc2C)c1. The first-order valence-electron chi connectivity index (χ1n) is 6.02. The summed E-state index contributed by atoms with van der Waals surface area (Å²) >= 11 is 0. The first kappa shape index (κ1) is 12.6. The number of rotatable bonds is 5. The maximum Gasteiger partial charge on any atom is 0.119 e. The molecule has 2 aromatic rings. The second-order valence-corrected chi connectivity index (χ2v) is 4.37. The molecule has 0 spiro atoms. The van der Waals surface area contributed by atoms with E-state index in [1.165, 1.54) is 11.1 Å². The minimum absolute atomic E-state index is 0.825. The van der Waals surface area contributed by atoms with Crippen LogP contribution < -0.4 is 10.1 Å². The Bertz CT molecular complexity index is 520. The Hall–Kier alpha value is -1.81. The minimum atomic E-state index is 0.825. The molecule has 0 aliphatic rings. The van der Waals surface area contributed by atoms with Crippen molar-refractivity contribution in [2.45, 2.75) is 20.0 Å². The lowest BCUT2D eigenvalue weighted by Gasteiger charge is -2.06. The lowest BCUT2D eigenvalue weighted by atomic mass is 10.2. The van der Waals surface area contributed by atoms with Crippen molar-refractivity contribution in [2.24, 2.45) is 7.05 Å². The predicted molar refractivity (Wildman–Crippen MR) is 71.5 cm³/mol. The van der Waals surface area contributed by atoms with E-state index in [0.717, 1.165) is 24.5 Å². The first-order valence-corrected chi connectivity index (χ1v) is 6.02. The van der Waals surface area contributed by atoms with Crippen molar-refractivity contribution in [3.63, 3.8) is 0 Å². The summed E-state index contributed by atoms with van der Waals surface area (Å²) in [6, 6.07) is 8.09. The van der Waals surface area contributed by atoms with Crippen molar-refractivity contribution in [3.8, 4) is 5.75 Å². The molecule has 1 heterocycles. The second-order valence-electron chi connectivity index (χ2n) is 4.37. The van der Waals surface area contributed by atoms with Gasteiger partial charge in [0.05, 0.1) is 12.8 Å². The van der Waals surface area contributed by atoms with Crippen LogP contribution in [-0.4, -0.2) is 16.9 Å². The number of nitrogens with one attached hydrogen (secondary N) is 1. The van der Waals surface area contributed by atoms with Gasteiger partial charge in [0, 0.05) is 31.9 Å². The Kier molecular flexibility index (Phi) is 3.99. The topological polar surface area (TPSA) is 39.1 Å². The zero-order chi connectivity index (χ0) is 13.0. The van der Waals surface area contributed by atoms with Gasteiger partial charge in [0.25, 0.3) is 0 Å². The van der Waals surface area contributed by atoms with Gasteiger partial charge in [-0.15, -0.1) is 0 Å². The number of ether oxygens (including phenoxy) is 1. The van der Waals surface area contributed by atoms with E-state index in [-0.39, 0.29) is 0 Å². The fourth-order valence-corrected chi connectivity index (χ4v) is 1.95. The van der Waals surface area contributed by atoms with E-state index >= 15 is 0 Å². The smallest absolute Gasteiger partial charge is 0.119 e. The van der Waals surface area contributed by atoms with Gasteiger partial charge in [-0.1, -0.05) is 12.1 Å². The summed E-state index contributed by atoms with van der Waals surface area (Å²) in [5.74, 6) is 0.895. The molecule has 0 atom stereocenters. The molecule has 4 nitrogen and oxygen atoms in total. The lowest BCUT2D eigenvalue weighted by molar-refractivity contribution is 0.414. The van der Waals surface area contributed by atoms with Crippen LogP contribution in [-0.2, 0) is 20.1 Å². The highest BCUT2D eigenvalue weighted by Crippen LogP contribution is 2.12. The molecule has 96 valence electrons. The average Bonchev–Trinajstić information content (AvgIpc) is 2.68. The van der Waals surface area contributed by atoms with Crippen molar-refractivity contribution in [1.29, 1.82) is 0 Å². The number of aryl methyl sites for hydroxylation is 2. The fraction of sp³-hybridized carbons (Fsp3) is 0.357. The van der Waals surface area contributed by atoms with Crippen LogP contribution in [0.1, 0.15) is 16.8 Å². The minimum Gasteiger partial charge on any atom is -0.497 e. The molecule has 0 aliphatic carbocycles. The Morgan fingerprint density at radius 1 is 1.33 bits per heavy atom. The number of hydrogen-bond donors (Lipinski definition) is 1. The third-order valence-electron chi connectivity index (χ3n) is 2.89. The molecule has 1 N–H and O–H groups in total. The molecule has 18 heavy (non-hydrogen) atoms. The Morgan fingerprint density at radius 2 is 2.17 bits per heavy atom. The third kappa shape index (κ3) is 3.11. The summed E-state index contributed by atoms with van der Waals surface area (Å²) in [5, 5.41) is 7.74. The zero-order valence-corrected chi connectivity index (χ0v) is 11.1. The summed E-state index contributed by atoms with van der Waals surface area (Å²) in [7, 11) is 3.63. The first-order chi connectivity index (χ1) is 8.69. The largest absolute Gasteiger partial charge is 0.497 e. The Balaban J connectivity index is 1.90. The molecule has 2 rings (SSSR count). The number of methoxy groups -OCH3 is 1. The molecular formula is C14H19N3O. The predicted octanol–water partition coefficient (Wildman–Crippen LogP) is 2.03. The van der Waals surface area contributed by atoms with Gasteiger partial charge in [0.1, 0.15) is 5.75 Å². The molecule has 0 fully saturated rings. The lowest BCUT2D eigenvalue weighted by Crippen LogP contribution is -2.12. The standard InChI is InChI=1S/C14H19N3O/c1-11-13(10-17(2)16-11)9-15-8-12-5-4-6-14(7-12)18-3/h4-7,10,15H,8-9H2,1-3H3. The van der Waals surface area contributed by atoms with Gasteiger partial charge in [-0.05, 0) is 24.6 Å². The molecule has 0 aliphatic heterocycles. The molecule has 1 aromatic carbocycles. The molecule has 0 radical (unpaired) electrons. The average molecular weight is 245 g/mol. The van der Waals surface area contributed by atoms with Crippen LogP contribution >= 0.6 is 0 Å². The van der Waals surface area contributed by atoms with E-state index in [4.69, 9.17) is 4.74 Å². The number of aromatic nitrogens is 2. The van der Waals surface area contributed by atoms with Crippen molar-refractivity contribution < 1.29 is 4.74 Å². The molecule has 0 bridgehead atoms. The molecule has 4 heteroatoms. The third-order valence-corrected chi connectivity index (χ3v) is 2.89. The van der Waals surface area contributed by atoms with Crippen LogP contribution in [0.3, 0.4) is 0 Å². The van der Waals surface area contributed by atoms with Crippen LogP contribution in [0.15, 0.2) is 30.5 Å². The van der Waals surface area contributed by atoms with E-state index in [1.54, 1.807) is 7.11 Å². The summed E-state index contributed by atoms with van der Waals surface area (Å²) in [5.41, 5.74) is 3.53. The molecule has 0 amide bonds. The Morgan fingerprint density at radius 3 is 2.83 bits per heavy atom. The van der Waals surface area contributed by atoms with E-state index in [9.17, 15) is 0 Å². The molecule has 1 aromatic heterocycles.